The first-order valence-electron chi connectivity index (χ1n) is 7.36. The molecule has 1 aromatic carbocycles. The summed E-state index contributed by atoms with van der Waals surface area (Å²) in [5, 5.41) is 10.3. The molecule has 0 saturated heterocycles. The lowest BCUT2D eigenvalue weighted by Gasteiger charge is -2.05. The topological polar surface area (TPSA) is 102 Å². The van der Waals surface area contributed by atoms with E-state index in [2.05, 4.69) is 25.8 Å². The first kappa shape index (κ1) is 16.3. The van der Waals surface area contributed by atoms with Gasteiger partial charge in [-0.25, -0.2) is 9.78 Å². The average molecular weight is 347 g/mol. The van der Waals surface area contributed by atoms with Gasteiger partial charge in [-0.2, -0.15) is 4.98 Å². The monoisotopic (exact) mass is 347 g/mol. The van der Waals surface area contributed by atoms with Gasteiger partial charge >= 0.3 is 6.03 Å². The maximum Gasteiger partial charge on any atom is 0.319 e. The van der Waals surface area contributed by atoms with E-state index in [1.165, 1.54) is 0 Å². The second-order valence-electron chi connectivity index (χ2n) is 5.07. The van der Waals surface area contributed by atoms with Gasteiger partial charge in [-0.1, -0.05) is 5.16 Å². The number of aromatic nitrogens is 3. The van der Waals surface area contributed by atoms with E-state index >= 15 is 0 Å². The zero-order valence-corrected chi connectivity index (χ0v) is 14.1. The molecule has 2 aromatic heterocycles. The number of hydrogen-bond donors (Lipinski definition) is 2. The zero-order chi connectivity index (χ0) is 16.9. The number of aryl methyl sites for hydroxylation is 1. The Morgan fingerprint density at radius 2 is 2.25 bits per heavy atom. The van der Waals surface area contributed by atoms with Gasteiger partial charge < -0.3 is 19.9 Å². The van der Waals surface area contributed by atoms with Crippen LogP contribution < -0.4 is 10.6 Å². The van der Waals surface area contributed by atoms with Gasteiger partial charge in [0.2, 0.25) is 5.89 Å². The normalized spacial score (nSPS) is 10.9. The highest BCUT2D eigenvalue weighted by molar-refractivity contribution is 7.18. The van der Waals surface area contributed by atoms with E-state index < -0.39 is 0 Å². The van der Waals surface area contributed by atoms with E-state index in [1.54, 1.807) is 18.4 Å². The van der Waals surface area contributed by atoms with Crippen molar-refractivity contribution in [2.75, 3.05) is 19.0 Å². The molecule has 3 rings (SSSR count). The molecule has 0 aliphatic heterocycles. The summed E-state index contributed by atoms with van der Waals surface area (Å²) in [6.07, 6.45) is 0.546. The van der Waals surface area contributed by atoms with Crippen LogP contribution in [0.2, 0.25) is 0 Å². The molecule has 0 atom stereocenters. The molecule has 8 nitrogen and oxygen atoms in total. The molecule has 2 N–H and O–H groups in total. The molecule has 0 spiro atoms. The average Bonchev–Trinajstić information content (AvgIpc) is 3.16. The second-order valence-corrected chi connectivity index (χ2v) is 6.30. The SMILES string of the molecule is COCCc1nc(CNC(=O)Nc2ccc3nc(C)sc3c2)no1. The third kappa shape index (κ3) is 4.06. The predicted octanol–water partition coefficient (Wildman–Crippen LogP) is 2.50. The van der Waals surface area contributed by atoms with E-state index in [1.807, 2.05) is 25.1 Å². The van der Waals surface area contributed by atoms with Crippen LogP contribution in [0.3, 0.4) is 0 Å². The number of rotatable bonds is 6. The van der Waals surface area contributed by atoms with Crippen LogP contribution in [0.15, 0.2) is 22.7 Å². The Kier molecular flexibility index (Phi) is 5.02. The molecule has 126 valence electrons. The Morgan fingerprint density at radius 3 is 3.08 bits per heavy atom. The Balaban J connectivity index is 1.53. The summed E-state index contributed by atoms with van der Waals surface area (Å²) in [5.41, 5.74) is 1.64. The second kappa shape index (κ2) is 7.37. The van der Waals surface area contributed by atoms with Crippen molar-refractivity contribution in [1.29, 1.82) is 0 Å². The number of urea groups is 1. The highest BCUT2D eigenvalue weighted by atomic mass is 32.1. The van der Waals surface area contributed by atoms with Gasteiger partial charge in [0.05, 0.1) is 34.8 Å². The van der Waals surface area contributed by atoms with E-state index in [0.29, 0.717) is 30.4 Å². The minimum Gasteiger partial charge on any atom is -0.384 e. The van der Waals surface area contributed by atoms with Gasteiger partial charge in [0, 0.05) is 12.8 Å². The van der Waals surface area contributed by atoms with Crippen LogP contribution in [0.25, 0.3) is 10.2 Å². The Morgan fingerprint density at radius 1 is 1.38 bits per heavy atom. The number of hydrogen-bond acceptors (Lipinski definition) is 7. The lowest BCUT2D eigenvalue weighted by molar-refractivity contribution is 0.192. The first-order chi connectivity index (χ1) is 11.6. The molecule has 9 heteroatoms. The van der Waals surface area contributed by atoms with E-state index in [4.69, 9.17) is 9.26 Å². The Bertz CT molecular complexity index is 845. The summed E-state index contributed by atoms with van der Waals surface area (Å²) in [6.45, 7) is 2.65. The first-order valence-corrected chi connectivity index (χ1v) is 8.18. The number of nitrogens with zero attached hydrogens (tertiary/aromatic N) is 3. The molecule has 0 radical (unpaired) electrons. The smallest absolute Gasteiger partial charge is 0.319 e. The summed E-state index contributed by atoms with van der Waals surface area (Å²) < 4.78 is 11.0. The Labute approximate surface area is 142 Å². The number of carbonyl (C=O) groups excluding carboxylic acids is 1. The van der Waals surface area contributed by atoms with E-state index in [9.17, 15) is 4.79 Å². The van der Waals surface area contributed by atoms with Crippen molar-refractivity contribution >= 4 is 33.3 Å². The predicted molar refractivity (Wildman–Crippen MR) is 90.1 cm³/mol. The molecule has 0 aliphatic carbocycles. The summed E-state index contributed by atoms with van der Waals surface area (Å²) in [6, 6.07) is 5.27. The van der Waals surface area contributed by atoms with Crippen molar-refractivity contribution in [1.82, 2.24) is 20.4 Å². The molecule has 3 aromatic rings. The lowest BCUT2D eigenvalue weighted by Crippen LogP contribution is -2.28. The van der Waals surface area contributed by atoms with Crippen LogP contribution in [-0.2, 0) is 17.7 Å². The number of methoxy groups -OCH3 is 1. The number of nitrogens with one attached hydrogen (secondary N) is 2. The lowest BCUT2D eigenvalue weighted by atomic mass is 10.3. The molecular formula is C15H17N5O3S. The number of anilines is 1. The number of thiazole rings is 1. The molecule has 0 bridgehead atoms. The van der Waals surface area contributed by atoms with E-state index in [0.717, 1.165) is 15.2 Å². The maximum atomic E-state index is 12.0. The van der Waals surface area contributed by atoms with Crippen molar-refractivity contribution in [3.8, 4) is 0 Å². The molecule has 2 heterocycles. The van der Waals surface area contributed by atoms with Crippen LogP contribution in [-0.4, -0.2) is 34.9 Å². The van der Waals surface area contributed by atoms with Gasteiger partial charge in [0.25, 0.3) is 0 Å². The summed E-state index contributed by atoms with van der Waals surface area (Å²) in [4.78, 5) is 20.5. The zero-order valence-electron chi connectivity index (χ0n) is 13.3. The van der Waals surface area contributed by atoms with E-state index in [-0.39, 0.29) is 12.6 Å². The number of benzene rings is 1. The van der Waals surface area contributed by atoms with Crippen molar-refractivity contribution in [3.63, 3.8) is 0 Å². The standard InChI is InChI=1S/C15H17N5O3S/c1-9-17-11-4-3-10(7-12(11)24-9)18-15(21)16-8-13-19-14(23-20-13)5-6-22-2/h3-4,7H,5-6,8H2,1-2H3,(H2,16,18,21). The number of fused-ring (bicyclic) bond motifs is 1. The van der Waals surface area contributed by atoms with Crippen molar-refractivity contribution < 1.29 is 14.1 Å². The molecule has 24 heavy (non-hydrogen) atoms. The molecular weight excluding hydrogens is 330 g/mol. The third-order valence-electron chi connectivity index (χ3n) is 3.19. The largest absolute Gasteiger partial charge is 0.384 e. The molecule has 2 amide bonds. The molecule has 0 unspecified atom stereocenters. The molecule has 0 aliphatic rings. The summed E-state index contributed by atoms with van der Waals surface area (Å²) >= 11 is 1.59. The maximum absolute atomic E-state index is 12.0. The molecule has 0 fully saturated rings. The highest BCUT2D eigenvalue weighted by Crippen LogP contribution is 2.24. The van der Waals surface area contributed by atoms with Crippen LogP contribution in [0.4, 0.5) is 10.5 Å². The quantitative estimate of drug-likeness (QED) is 0.710. The fraction of sp³-hybridized carbons (Fsp3) is 0.333. The van der Waals surface area contributed by atoms with Crippen LogP contribution >= 0.6 is 11.3 Å². The third-order valence-corrected chi connectivity index (χ3v) is 4.12. The van der Waals surface area contributed by atoms with Crippen molar-refractivity contribution in [2.45, 2.75) is 19.9 Å². The number of amides is 2. The Hall–Kier alpha value is -2.52. The van der Waals surface area contributed by atoms with Gasteiger partial charge in [-0.3, -0.25) is 0 Å². The van der Waals surface area contributed by atoms with Crippen molar-refractivity contribution in [2.24, 2.45) is 0 Å². The van der Waals surface area contributed by atoms with Gasteiger partial charge in [0.1, 0.15) is 0 Å². The highest BCUT2D eigenvalue weighted by Gasteiger charge is 2.09. The fourth-order valence-corrected chi connectivity index (χ4v) is 2.97. The molecule has 0 saturated carbocycles. The summed E-state index contributed by atoms with van der Waals surface area (Å²) in [5.74, 6) is 0.907. The van der Waals surface area contributed by atoms with Gasteiger partial charge in [-0.05, 0) is 25.1 Å². The minimum absolute atomic E-state index is 0.185. The van der Waals surface area contributed by atoms with Gasteiger partial charge in [0.15, 0.2) is 5.82 Å². The fourth-order valence-electron chi connectivity index (χ4n) is 2.11. The van der Waals surface area contributed by atoms with Crippen LogP contribution in [0.5, 0.6) is 0 Å². The minimum atomic E-state index is -0.334. The number of carbonyl (C=O) groups is 1. The van der Waals surface area contributed by atoms with Gasteiger partial charge in [-0.15, -0.1) is 11.3 Å². The van der Waals surface area contributed by atoms with Crippen molar-refractivity contribution in [3.05, 3.63) is 34.9 Å². The summed E-state index contributed by atoms with van der Waals surface area (Å²) in [7, 11) is 1.61. The van der Waals surface area contributed by atoms with Crippen LogP contribution in [0.1, 0.15) is 16.7 Å². The van der Waals surface area contributed by atoms with Crippen LogP contribution in [0, 0.1) is 6.92 Å². The number of ether oxygens (including phenoxy) is 1.